The van der Waals surface area contributed by atoms with Crippen LogP contribution < -0.4 is 4.18 Å². The molecule has 122 valence electrons. The van der Waals surface area contributed by atoms with Crippen molar-refractivity contribution in [2.45, 2.75) is 19.8 Å². The van der Waals surface area contributed by atoms with Gasteiger partial charge in [0.25, 0.3) is 0 Å². The van der Waals surface area contributed by atoms with Gasteiger partial charge in [0.15, 0.2) is 5.75 Å². The van der Waals surface area contributed by atoms with E-state index in [1.165, 1.54) is 12.1 Å². The van der Waals surface area contributed by atoms with Gasteiger partial charge in [0.1, 0.15) is 5.82 Å². The Morgan fingerprint density at radius 3 is 2.39 bits per heavy atom. The molecule has 0 radical (unpaired) electrons. The quantitative estimate of drug-likeness (QED) is 0.636. The van der Waals surface area contributed by atoms with E-state index in [0.717, 1.165) is 5.56 Å². The number of hydrogen-bond donors (Lipinski definition) is 1. The Morgan fingerprint density at radius 2 is 1.78 bits per heavy atom. The Labute approximate surface area is 135 Å². The molecule has 2 aromatic carbocycles. The summed E-state index contributed by atoms with van der Waals surface area (Å²) in [4.78, 5) is 0. The number of rotatable bonds is 6. The summed E-state index contributed by atoms with van der Waals surface area (Å²) in [5.41, 5.74) is 1.48. The van der Waals surface area contributed by atoms with Gasteiger partial charge in [-0.1, -0.05) is 55.8 Å². The third-order valence-electron chi connectivity index (χ3n) is 3.14. The van der Waals surface area contributed by atoms with Gasteiger partial charge in [-0.3, -0.25) is 4.55 Å². The number of halogens is 1. The molecule has 0 aliphatic carbocycles. The minimum atomic E-state index is -4.71. The Kier molecular flexibility index (Phi) is 5.52. The zero-order valence-corrected chi connectivity index (χ0v) is 13.4. The molecule has 0 amide bonds. The van der Waals surface area contributed by atoms with Crippen LogP contribution in [-0.4, -0.2) is 13.0 Å². The fourth-order valence-corrected chi connectivity index (χ4v) is 2.54. The van der Waals surface area contributed by atoms with Crippen molar-refractivity contribution >= 4 is 22.6 Å². The highest BCUT2D eigenvalue weighted by atomic mass is 32.3. The highest BCUT2D eigenvalue weighted by Crippen LogP contribution is 2.27. The Balaban J connectivity index is 2.40. The van der Waals surface area contributed by atoms with Gasteiger partial charge in [-0.05, 0) is 29.7 Å². The normalized spacial score (nSPS) is 11.8. The molecule has 1 N–H and O–H groups in total. The smallest absolute Gasteiger partial charge is 0.361 e. The number of hydrogen-bond acceptors (Lipinski definition) is 3. The van der Waals surface area contributed by atoms with Crippen LogP contribution >= 0.6 is 0 Å². The van der Waals surface area contributed by atoms with Crippen LogP contribution in [0.4, 0.5) is 4.39 Å². The zero-order valence-electron chi connectivity index (χ0n) is 12.6. The van der Waals surface area contributed by atoms with E-state index in [0.29, 0.717) is 18.4 Å². The third kappa shape index (κ3) is 5.19. The molecule has 0 saturated heterocycles. The monoisotopic (exact) mass is 336 g/mol. The molecule has 0 saturated carbocycles. The molecule has 0 spiro atoms. The highest BCUT2D eigenvalue weighted by Gasteiger charge is 2.16. The standard InChI is InChI=1S/C17H17FO4S/c1-2-6-15-16(18)11-14(12-17(15)22-23(19,20)21)10-9-13-7-4-3-5-8-13/h3-5,7-12H,2,6H2,1H3,(H,19,20,21)/b10-9+. The second kappa shape index (κ2) is 7.39. The van der Waals surface area contributed by atoms with E-state index in [-0.39, 0.29) is 11.3 Å². The molecule has 4 nitrogen and oxygen atoms in total. The molecule has 0 heterocycles. The average molecular weight is 336 g/mol. The van der Waals surface area contributed by atoms with Gasteiger partial charge in [-0.25, -0.2) is 4.39 Å². The topological polar surface area (TPSA) is 63.6 Å². The van der Waals surface area contributed by atoms with Crippen molar-refractivity contribution in [2.24, 2.45) is 0 Å². The molecule has 0 aromatic heterocycles. The summed E-state index contributed by atoms with van der Waals surface area (Å²) in [5.74, 6) is -0.761. The first-order valence-electron chi connectivity index (χ1n) is 7.11. The lowest BCUT2D eigenvalue weighted by Gasteiger charge is -2.10. The van der Waals surface area contributed by atoms with E-state index in [1.807, 2.05) is 37.3 Å². The maximum absolute atomic E-state index is 14.2. The van der Waals surface area contributed by atoms with Crippen LogP contribution in [0.5, 0.6) is 5.75 Å². The van der Waals surface area contributed by atoms with Crippen molar-refractivity contribution in [3.8, 4) is 5.75 Å². The molecule has 0 aliphatic rings. The molecule has 0 aliphatic heterocycles. The predicted molar refractivity (Wildman–Crippen MR) is 87.9 cm³/mol. The summed E-state index contributed by atoms with van der Waals surface area (Å²) in [7, 11) is -4.71. The second-order valence-corrected chi connectivity index (χ2v) is 6.01. The van der Waals surface area contributed by atoms with E-state index in [2.05, 4.69) is 4.18 Å². The summed E-state index contributed by atoms with van der Waals surface area (Å²) >= 11 is 0. The fraction of sp³-hybridized carbons (Fsp3) is 0.176. The van der Waals surface area contributed by atoms with E-state index < -0.39 is 16.2 Å². The highest BCUT2D eigenvalue weighted by molar-refractivity contribution is 7.81. The van der Waals surface area contributed by atoms with Gasteiger partial charge in [0, 0.05) is 5.56 Å². The maximum Gasteiger partial charge on any atom is 0.446 e. The molecule has 0 fully saturated rings. The Bertz CT molecular complexity index is 799. The van der Waals surface area contributed by atoms with Crippen LogP contribution in [0.1, 0.15) is 30.0 Å². The molecule has 0 bridgehead atoms. The molecule has 23 heavy (non-hydrogen) atoms. The van der Waals surface area contributed by atoms with Crippen LogP contribution in [-0.2, 0) is 16.8 Å². The Morgan fingerprint density at radius 1 is 1.13 bits per heavy atom. The first-order valence-corrected chi connectivity index (χ1v) is 8.48. The molecular weight excluding hydrogens is 319 g/mol. The van der Waals surface area contributed by atoms with Crippen molar-refractivity contribution in [2.75, 3.05) is 0 Å². The SMILES string of the molecule is CCCc1c(F)cc(/C=C/c2ccccc2)cc1OS(=O)(=O)O. The van der Waals surface area contributed by atoms with Gasteiger partial charge in [0.2, 0.25) is 0 Å². The van der Waals surface area contributed by atoms with Gasteiger partial charge in [-0.15, -0.1) is 0 Å². The van der Waals surface area contributed by atoms with E-state index >= 15 is 0 Å². The maximum atomic E-state index is 14.2. The van der Waals surface area contributed by atoms with Crippen molar-refractivity contribution in [1.82, 2.24) is 0 Å². The van der Waals surface area contributed by atoms with Gasteiger partial charge in [-0.2, -0.15) is 8.42 Å². The number of benzene rings is 2. The molecule has 0 atom stereocenters. The molecule has 2 aromatic rings. The van der Waals surface area contributed by atoms with Crippen LogP contribution in [0.25, 0.3) is 12.2 Å². The zero-order chi connectivity index (χ0) is 16.9. The Hall–Kier alpha value is -2.18. The van der Waals surface area contributed by atoms with Crippen molar-refractivity contribution in [3.63, 3.8) is 0 Å². The summed E-state index contributed by atoms with van der Waals surface area (Å²) in [5, 5.41) is 0. The third-order valence-corrected chi connectivity index (χ3v) is 3.53. The average Bonchev–Trinajstić information content (AvgIpc) is 2.48. The molecular formula is C17H17FO4S. The molecule has 2 rings (SSSR count). The van der Waals surface area contributed by atoms with Gasteiger partial charge in [0.05, 0.1) is 0 Å². The van der Waals surface area contributed by atoms with E-state index in [1.54, 1.807) is 12.2 Å². The minimum Gasteiger partial charge on any atom is -0.361 e. The summed E-state index contributed by atoms with van der Waals surface area (Å²) in [6.45, 7) is 1.83. The first-order chi connectivity index (χ1) is 10.9. The largest absolute Gasteiger partial charge is 0.446 e. The van der Waals surface area contributed by atoms with Gasteiger partial charge < -0.3 is 4.18 Å². The predicted octanol–water partition coefficient (Wildman–Crippen LogP) is 4.13. The van der Waals surface area contributed by atoms with Crippen LogP contribution in [0.2, 0.25) is 0 Å². The second-order valence-electron chi connectivity index (χ2n) is 4.98. The van der Waals surface area contributed by atoms with Crippen molar-refractivity contribution < 1.29 is 21.5 Å². The van der Waals surface area contributed by atoms with Gasteiger partial charge >= 0.3 is 10.4 Å². The fourth-order valence-electron chi connectivity index (χ4n) is 2.16. The van der Waals surface area contributed by atoms with Crippen molar-refractivity contribution in [1.29, 1.82) is 0 Å². The summed E-state index contributed by atoms with van der Waals surface area (Å²) < 4.78 is 49.5. The lowest BCUT2D eigenvalue weighted by atomic mass is 10.0. The molecule has 0 unspecified atom stereocenters. The van der Waals surface area contributed by atoms with Crippen molar-refractivity contribution in [3.05, 3.63) is 65.0 Å². The van der Waals surface area contributed by atoms with Crippen LogP contribution in [0.15, 0.2) is 42.5 Å². The van der Waals surface area contributed by atoms with Crippen LogP contribution in [0.3, 0.4) is 0 Å². The van der Waals surface area contributed by atoms with E-state index in [4.69, 9.17) is 4.55 Å². The first kappa shape index (κ1) is 17.2. The lowest BCUT2D eigenvalue weighted by Crippen LogP contribution is -2.09. The summed E-state index contributed by atoms with van der Waals surface area (Å²) in [6, 6.07) is 12.1. The minimum absolute atomic E-state index is 0.127. The van der Waals surface area contributed by atoms with E-state index in [9.17, 15) is 12.8 Å². The van der Waals surface area contributed by atoms with Crippen LogP contribution in [0, 0.1) is 5.82 Å². The summed E-state index contributed by atoms with van der Waals surface area (Å²) in [6.07, 6.45) is 4.33. The lowest BCUT2D eigenvalue weighted by molar-refractivity contribution is 0.383. The molecule has 6 heteroatoms.